The number of carbonyl (C=O) groups is 9. The molecule has 0 fully saturated rings. The summed E-state index contributed by atoms with van der Waals surface area (Å²) in [6.45, 7) is 8.89. The molecule has 472 valence electrons. The van der Waals surface area contributed by atoms with Gasteiger partial charge in [-0.15, -0.1) is 0 Å². The van der Waals surface area contributed by atoms with Crippen molar-refractivity contribution >= 4 is 71.0 Å². The second-order valence-corrected chi connectivity index (χ2v) is 21.4. The van der Waals surface area contributed by atoms with Gasteiger partial charge in [-0.05, 0) is 107 Å². The topological polar surface area (TPSA) is 481 Å². The molecule has 85 heavy (non-hydrogen) atoms. The lowest BCUT2D eigenvalue weighted by Crippen LogP contribution is -2.60. The molecule has 2 rings (SSSR count). The molecule has 0 saturated heterocycles. The summed E-state index contributed by atoms with van der Waals surface area (Å²) in [5.41, 5.74) is 35.1. The van der Waals surface area contributed by atoms with Gasteiger partial charge in [-0.3, -0.25) is 58.5 Å². The number of aliphatic imine (C=N–C) groups is 2. The third-order valence-corrected chi connectivity index (χ3v) is 13.4. The van der Waals surface area contributed by atoms with E-state index in [2.05, 4.69) is 52.5 Å². The van der Waals surface area contributed by atoms with Crippen molar-refractivity contribution in [1.29, 1.82) is 5.41 Å². The first-order valence-corrected chi connectivity index (χ1v) is 28.5. The summed E-state index contributed by atoms with van der Waals surface area (Å²) < 4.78 is 0. The zero-order valence-corrected chi connectivity index (χ0v) is 50.1. The van der Waals surface area contributed by atoms with E-state index < -0.39 is 109 Å². The van der Waals surface area contributed by atoms with Gasteiger partial charge in [0.05, 0.1) is 19.1 Å². The van der Waals surface area contributed by atoms with Crippen LogP contribution < -0.4 is 76.9 Å². The highest BCUT2D eigenvalue weighted by molar-refractivity contribution is 5.97. The number of likely N-dealkylation sites (N-methyl/N-ethyl adjacent to an activating group) is 2. The molecule has 0 heterocycles. The van der Waals surface area contributed by atoms with Gasteiger partial charge in [0.1, 0.15) is 42.0 Å². The Balaban J connectivity index is 2.43. The molecular weight excluding hydrogens is 1100 g/mol. The van der Waals surface area contributed by atoms with Gasteiger partial charge in [0, 0.05) is 39.6 Å². The fourth-order valence-corrected chi connectivity index (χ4v) is 8.90. The van der Waals surface area contributed by atoms with E-state index in [1.165, 1.54) is 19.2 Å². The van der Waals surface area contributed by atoms with Crippen LogP contribution >= 0.6 is 0 Å². The minimum atomic E-state index is -1.36. The van der Waals surface area contributed by atoms with Gasteiger partial charge in [-0.25, -0.2) is 0 Å². The molecule has 0 bridgehead atoms. The molecule has 0 aliphatic carbocycles. The number of guanidine groups is 3. The predicted molar refractivity (Wildman–Crippen MR) is 323 cm³/mol. The van der Waals surface area contributed by atoms with E-state index in [9.17, 15) is 48.3 Å². The van der Waals surface area contributed by atoms with Gasteiger partial charge in [0.2, 0.25) is 53.2 Å². The molecule has 0 aliphatic heterocycles. The molecule has 0 aliphatic rings. The number of nitrogens with two attached hydrogens (primary N) is 6. The normalized spacial score (nSPS) is 13.4. The number of phenols is 1. The lowest BCUT2D eigenvalue weighted by atomic mass is 9.99. The first kappa shape index (κ1) is 72.3. The Morgan fingerprint density at radius 2 is 1.05 bits per heavy atom. The maximum Gasteiger partial charge on any atom is 0.245 e. The van der Waals surface area contributed by atoms with Gasteiger partial charge < -0.3 is 91.8 Å². The van der Waals surface area contributed by atoms with Crippen molar-refractivity contribution in [3.05, 3.63) is 65.7 Å². The number of rotatable bonds is 39. The van der Waals surface area contributed by atoms with E-state index in [1.807, 2.05) is 34.6 Å². The number of nitrogens with zero attached hydrogens (tertiary/aromatic N) is 4. The number of phenolic OH excluding ortho intramolecular Hbond substituents is 1. The number of benzene rings is 2. The molecule has 0 radical (unpaired) electrons. The number of carbonyl (C=O) groups excluding carboxylic acids is 9. The van der Waals surface area contributed by atoms with Crippen LogP contribution in [0.4, 0.5) is 0 Å². The van der Waals surface area contributed by atoms with Gasteiger partial charge >= 0.3 is 0 Å². The van der Waals surface area contributed by atoms with Crippen LogP contribution in [0.1, 0.15) is 97.1 Å². The Bertz CT molecular complexity index is 2560. The average Bonchev–Trinajstić information content (AvgIpc) is 3.65. The molecule has 0 saturated carbocycles. The molecular formula is C56H93N19O10. The molecule has 7 unspecified atom stereocenters. The molecule has 9 amide bonds. The summed E-state index contributed by atoms with van der Waals surface area (Å²) in [5, 5.41) is 38.8. The van der Waals surface area contributed by atoms with Crippen LogP contribution in [0.15, 0.2) is 64.6 Å². The molecule has 2 aromatic carbocycles. The highest BCUT2D eigenvalue weighted by Gasteiger charge is 2.37. The van der Waals surface area contributed by atoms with E-state index >= 15 is 0 Å². The van der Waals surface area contributed by atoms with E-state index in [-0.39, 0.29) is 106 Å². The van der Waals surface area contributed by atoms with Crippen LogP contribution in [0.2, 0.25) is 0 Å². The number of hydrogen-bond acceptors (Lipinski definition) is 14. The third-order valence-electron chi connectivity index (χ3n) is 13.4. The Morgan fingerprint density at radius 1 is 0.565 bits per heavy atom. The number of aromatic hydroxyl groups is 1. The monoisotopic (exact) mass is 1190 g/mol. The molecule has 2 aromatic rings. The molecule has 0 aromatic heterocycles. The molecule has 29 nitrogen and oxygen atoms in total. The maximum atomic E-state index is 14.9. The van der Waals surface area contributed by atoms with Crippen LogP contribution in [0.3, 0.4) is 0 Å². The van der Waals surface area contributed by atoms with Crippen molar-refractivity contribution in [2.45, 2.75) is 141 Å². The van der Waals surface area contributed by atoms with E-state index in [0.717, 1.165) is 10.5 Å². The van der Waals surface area contributed by atoms with Gasteiger partial charge in [0.15, 0.2) is 17.9 Å². The standard InChI is InChI=1S/C56H93N19O10/c1-8-75(56(62)63)26-14-18-38(47(57)79)70-49(81)42(28-34(4)5)73-52(84)44(19-13-25-66-55(60)61)74(7)53(85)39(17-12-24-65-54(58)59)71-50(82)41(27-33(2)3)72-51(83)43(30-35-15-10-9-11-16-35)69-46(78)32-67-45(77)31-68-48(80)40(64-6)29-36-20-22-37(76)23-21-36/h9-11,15-16,20-23,33-34,38-44,64,76H,8,12-14,17-19,24-32H2,1-7H3,(H2,57,79)(H3,62,63)(H,67,77)(H,68,80)(H,69,78)(H,70,81)(H,71,82)(H,72,83)(H,73,84)(H4,58,59,65)(H4,60,61,66). The summed E-state index contributed by atoms with van der Waals surface area (Å²) in [5.74, 6) is -7.42. The zero-order valence-electron chi connectivity index (χ0n) is 50.1. The Morgan fingerprint density at radius 3 is 1.56 bits per heavy atom. The van der Waals surface area contributed by atoms with E-state index in [0.29, 0.717) is 25.1 Å². The Labute approximate surface area is 497 Å². The fourth-order valence-electron chi connectivity index (χ4n) is 8.90. The summed E-state index contributed by atoms with van der Waals surface area (Å²) in [6, 6.07) is 6.71. The average molecular weight is 1190 g/mol. The maximum absolute atomic E-state index is 14.9. The van der Waals surface area contributed by atoms with Crippen molar-refractivity contribution in [2.24, 2.45) is 56.2 Å². The van der Waals surface area contributed by atoms with Crippen molar-refractivity contribution < 1.29 is 48.3 Å². The minimum Gasteiger partial charge on any atom is -0.508 e. The summed E-state index contributed by atoms with van der Waals surface area (Å²) in [7, 11) is 2.94. The van der Waals surface area contributed by atoms with E-state index in [1.54, 1.807) is 54.4 Å². The van der Waals surface area contributed by atoms with Crippen molar-refractivity contribution in [3.63, 3.8) is 0 Å². The summed E-state index contributed by atoms with van der Waals surface area (Å²) >= 11 is 0. The smallest absolute Gasteiger partial charge is 0.245 e. The van der Waals surface area contributed by atoms with Crippen molar-refractivity contribution in [2.75, 3.05) is 53.4 Å². The zero-order chi connectivity index (χ0) is 63.8. The summed E-state index contributed by atoms with van der Waals surface area (Å²) in [4.78, 5) is 135. The fraction of sp³-hybridized carbons (Fsp3) is 0.571. The highest BCUT2D eigenvalue weighted by Crippen LogP contribution is 2.16. The molecule has 22 N–H and O–H groups in total. The lowest BCUT2D eigenvalue weighted by molar-refractivity contribution is -0.143. The van der Waals surface area contributed by atoms with Gasteiger partial charge in [0.25, 0.3) is 0 Å². The first-order valence-electron chi connectivity index (χ1n) is 28.5. The second-order valence-electron chi connectivity index (χ2n) is 21.4. The number of nitrogens with one attached hydrogen (secondary N) is 9. The summed E-state index contributed by atoms with van der Waals surface area (Å²) in [6.07, 6.45) is 1.05. The van der Waals surface area contributed by atoms with Crippen molar-refractivity contribution in [3.8, 4) is 5.75 Å². The molecule has 7 atom stereocenters. The predicted octanol–water partition coefficient (Wildman–Crippen LogP) is -3.07. The number of primary amides is 1. The van der Waals surface area contributed by atoms with Crippen molar-refractivity contribution in [1.82, 2.24) is 52.3 Å². The van der Waals surface area contributed by atoms with Crippen LogP contribution in [0.5, 0.6) is 5.75 Å². The quantitative estimate of drug-likeness (QED) is 0.0179. The molecule has 0 spiro atoms. The number of hydrogen-bond donors (Lipinski definition) is 16. The van der Waals surface area contributed by atoms with Crippen LogP contribution in [-0.4, -0.2) is 182 Å². The Hall–Kier alpha value is -8.76. The molecule has 29 heteroatoms. The van der Waals surface area contributed by atoms with Crippen LogP contribution in [-0.2, 0) is 56.0 Å². The minimum absolute atomic E-state index is 0.0373. The Kier molecular flexibility index (Phi) is 32.5. The highest BCUT2D eigenvalue weighted by atomic mass is 16.3. The largest absolute Gasteiger partial charge is 0.508 e. The SMILES string of the molecule is CCN(CCCC(NC(=O)C(CC(C)C)NC(=O)C(CCCN=C(N)N)N(C)C(=O)C(CCCN=C(N)N)NC(=O)C(CC(C)C)NC(=O)C(Cc1ccccc1)NC(=O)CNC(=O)CNC(=O)C(Cc1ccc(O)cc1)NC)C(N)=O)C(=N)N. The van der Waals surface area contributed by atoms with Gasteiger partial charge in [-0.2, -0.15) is 0 Å². The second kappa shape index (κ2) is 38.2. The lowest BCUT2D eigenvalue weighted by Gasteiger charge is -2.33. The van der Waals surface area contributed by atoms with Crippen LogP contribution in [0, 0.1) is 17.2 Å². The number of amides is 9. The van der Waals surface area contributed by atoms with Gasteiger partial charge in [-0.1, -0.05) is 70.2 Å². The first-order chi connectivity index (χ1) is 40.1. The van der Waals surface area contributed by atoms with Crippen LogP contribution in [0.25, 0.3) is 0 Å². The van der Waals surface area contributed by atoms with E-state index in [4.69, 9.17) is 39.8 Å². The third kappa shape index (κ3) is 28.4.